The fourth-order valence-electron chi connectivity index (χ4n) is 9.64. The zero-order chi connectivity index (χ0) is 38.7. The number of hydrogen-bond acceptors (Lipinski definition) is 12. The van der Waals surface area contributed by atoms with Gasteiger partial charge in [-0.15, -0.1) is 0 Å². The lowest BCUT2D eigenvalue weighted by Crippen LogP contribution is -2.69. The molecule has 2 N–H and O–H groups in total. The quantitative estimate of drug-likeness (QED) is 0.139. The van der Waals surface area contributed by atoms with Crippen molar-refractivity contribution in [2.45, 2.75) is 62.8 Å². The molecule has 10 rings (SSSR count). The number of nitrogens with zero attached hydrogens (tertiary/aromatic N) is 5. The summed E-state index contributed by atoms with van der Waals surface area (Å²) in [4.78, 5) is 79.2. The molecule has 0 aliphatic carbocycles. The number of hydrogen-bond donors (Lipinski definition) is 2. The predicted octanol–water partition coefficient (Wildman–Crippen LogP) is 3.22. The van der Waals surface area contributed by atoms with Crippen LogP contribution in [0.4, 0.5) is 11.4 Å². The number of fused-ring (bicyclic) bond motifs is 4. The molecular formula is C42H45N7O7. The summed E-state index contributed by atoms with van der Waals surface area (Å²) in [5.74, 6) is 0.812. The minimum atomic E-state index is -0.826. The molecule has 0 spiro atoms. The summed E-state index contributed by atoms with van der Waals surface area (Å²) in [6.07, 6.45) is 4.30. The van der Waals surface area contributed by atoms with Crippen LogP contribution < -0.4 is 30.1 Å². The molecule has 5 saturated heterocycles. The topological polar surface area (TPSA) is 157 Å². The largest absolute Gasteiger partial charge is 0.497 e. The Kier molecular flexibility index (Phi) is 9.32. The molecule has 2 bridgehead atoms. The second kappa shape index (κ2) is 14.5. The van der Waals surface area contributed by atoms with Gasteiger partial charge in [0.1, 0.15) is 28.8 Å². The zero-order valence-corrected chi connectivity index (χ0v) is 31.5. The SMILES string of the molecule is COc1cc(OC)c2c(=O)[nH]c(-c3ccc(N4CCC(CN5C6CC5CN(c5ccc7c(c5)C(C(=O)C=O)N(C5CCC(=O)NC5=O)C7)C6)CC4)cc3)nc2c1. The number of carbonyl (C=O) groups excluding carboxylic acids is 4. The third kappa shape index (κ3) is 6.40. The molecule has 6 aliphatic heterocycles. The summed E-state index contributed by atoms with van der Waals surface area (Å²) in [6.45, 7) is 5.25. The summed E-state index contributed by atoms with van der Waals surface area (Å²) in [5, 5.41) is 2.78. The molecule has 5 fully saturated rings. The van der Waals surface area contributed by atoms with Gasteiger partial charge in [-0.05, 0) is 79.1 Å². The van der Waals surface area contributed by atoms with Gasteiger partial charge in [0.05, 0.1) is 25.8 Å². The average molecular weight is 760 g/mol. The van der Waals surface area contributed by atoms with E-state index in [9.17, 15) is 24.0 Å². The van der Waals surface area contributed by atoms with E-state index in [1.54, 1.807) is 24.1 Å². The third-order valence-corrected chi connectivity index (χ3v) is 12.6. The molecule has 56 heavy (non-hydrogen) atoms. The Bertz CT molecular complexity index is 2270. The van der Waals surface area contributed by atoms with Crippen LogP contribution in [0.25, 0.3) is 22.3 Å². The zero-order valence-electron chi connectivity index (χ0n) is 31.5. The van der Waals surface area contributed by atoms with E-state index in [1.165, 1.54) is 13.5 Å². The van der Waals surface area contributed by atoms with Gasteiger partial charge >= 0.3 is 0 Å². The lowest BCUT2D eigenvalue weighted by molar-refractivity contribution is -0.141. The van der Waals surface area contributed by atoms with Crippen LogP contribution in [0, 0.1) is 5.92 Å². The molecule has 0 saturated carbocycles. The highest BCUT2D eigenvalue weighted by Crippen LogP contribution is 2.42. The molecule has 7 heterocycles. The number of nitrogens with one attached hydrogen (secondary N) is 2. The van der Waals surface area contributed by atoms with Crippen molar-refractivity contribution >= 4 is 46.2 Å². The number of aromatic nitrogens is 2. The maximum absolute atomic E-state index is 13.0. The molecule has 14 heteroatoms. The Morgan fingerprint density at radius 3 is 2.36 bits per heavy atom. The van der Waals surface area contributed by atoms with Crippen LogP contribution in [0.3, 0.4) is 0 Å². The highest BCUT2D eigenvalue weighted by Gasteiger charge is 2.47. The summed E-state index contributed by atoms with van der Waals surface area (Å²) >= 11 is 0. The van der Waals surface area contributed by atoms with Crippen LogP contribution >= 0.6 is 0 Å². The van der Waals surface area contributed by atoms with Gasteiger partial charge in [-0.3, -0.25) is 39.1 Å². The Labute approximate surface area is 323 Å². The van der Waals surface area contributed by atoms with E-state index >= 15 is 0 Å². The van der Waals surface area contributed by atoms with Gasteiger partial charge < -0.3 is 24.3 Å². The number of anilines is 2. The maximum atomic E-state index is 13.0. The first-order valence-electron chi connectivity index (χ1n) is 19.4. The number of aldehydes is 1. The first kappa shape index (κ1) is 36.1. The number of piperazine rings is 1. The molecule has 4 atom stereocenters. The van der Waals surface area contributed by atoms with Crippen molar-refractivity contribution in [1.29, 1.82) is 0 Å². The Morgan fingerprint density at radius 1 is 0.911 bits per heavy atom. The van der Waals surface area contributed by atoms with Crippen molar-refractivity contribution in [1.82, 2.24) is 25.1 Å². The van der Waals surface area contributed by atoms with Crippen molar-refractivity contribution < 1.29 is 28.7 Å². The van der Waals surface area contributed by atoms with Crippen molar-refractivity contribution in [2.75, 3.05) is 56.7 Å². The number of benzene rings is 3. The van der Waals surface area contributed by atoms with Gasteiger partial charge in [-0.1, -0.05) is 6.07 Å². The normalized spacial score (nSPS) is 24.1. The minimum absolute atomic E-state index is 0.209. The van der Waals surface area contributed by atoms with E-state index in [2.05, 4.69) is 43.2 Å². The molecule has 4 aromatic rings. The Morgan fingerprint density at radius 2 is 1.66 bits per heavy atom. The van der Waals surface area contributed by atoms with Gasteiger partial charge in [0, 0.05) is 86.8 Å². The molecule has 1 aromatic heterocycles. The molecule has 2 amide bonds. The van der Waals surface area contributed by atoms with E-state index in [0.717, 1.165) is 73.6 Å². The molecule has 290 valence electrons. The predicted molar refractivity (Wildman–Crippen MR) is 209 cm³/mol. The first-order chi connectivity index (χ1) is 27.2. The van der Waals surface area contributed by atoms with Crippen LogP contribution in [0.2, 0.25) is 0 Å². The number of ether oxygens (including phenoxy) is 2. The molecule has 4 unspecified atom stereocenters. The number of aromatic amines is 1. The van der Waals surface area contributed by atoms with Gasteiger partial charge in [-0.2, -0.15) is 0 Å². The molecule has 0 radical (unpaired) electrons. The molecule has 6 aliphatic rings. The Balaban J connectivity index is 0.806. The van der Waals surface area contributed by atoms with Gasteiger partial charge in [0.2, 0.25) is 17.6 Å². The van der Waals surface area contributed by atoms with Gasteiger partial charge in [0.25, 0.3) is 5.56 Å². The van der Waals surface area contributed by atoms with E-state index in [4.69, 9.17) is 14.5 Å². The third-order valence-electron chi connectivity index (χ3n) is 12.6. The number of rotatable bonds is 10. The number of imide groups is 1. The van der Waals surface area contributed by atoms with Crippen LogP contribution in [0.15, 0.2) is 59.4 Å². The number of ketones is 1. The van der Waals surface area contributed by atoms with Gasteiger partial charge in [0.15, 0.2) is 6.29 Å². The van der Waals surface area contributed by atoms with E-state index in [-0.39, 0.29) is 17.9 Å². The van der Waals surface area contributed by atoms with Crippen molar-refractivity contribution in [2.24, 2.45) is 5.92 Å². The molecular weight excluding hydrogens is 715 g/mol. The highest BCUT2D eigenvalue weighted by molar-refractivity contribution is 6.27. The van der Waals surface area contributed by atoms with E-state index in [1.807, 2.05) is 24.3 Å². The number of piperidine rings is 3. The number of methoxy groups -OCH3 is 2. The maximum Gasteiger partial charge on any atom is 0.262 e. The fourth-order valence-corrected chi connectivity index (χ4v) is 9.64. The highest BCUT2D eigenvalue weighted by atomic mass is 16.5. The summed E-state index contributed by atoms with van der Waals surface area (Å²) < 4.78 is 10.8. The minimum Gasteiger partial charge on any atom is -0.497 e. The van der Waals surface area contributed by atoms with Crippen molar-refractivity contribution in [3.8, 4) is 22.9 Å². The van der Waals surface area contributed by atoms with Crippen LogP contribution in [-0.2, 0) is 25.7 Å². The summed E-state index contributed by atoms with van der Waals surface area (Å²) in [7, 11) is 3.09. The summed E-state index contributed by atoms with van der Waals surface area (Å²) in [5.41, 5.74) is 4.98. The van der Waals surface area contributed by atoms with Crippen LogP contribution in [-0.4, -0.2) is 109 Å². The Hall–Kier alpha value is -5.60. The second-order valence-electron chi connectivity index (χ2n) is 15.7. The smallest absolute Gasteiger partial charge is 0.262 e. The lowest BCUT2D eigenvalue weighted by Gasteiger charge is -2.58. The average Bonchev–Trinajstić information content (AvgIpc) is 3.60. The number of Topliss-reactive ketones (excluding diaryl/α,β-unsaturated/α-hetero) is 1. The number of amides is 2. The van der Waals surface area contributed by atoms with Crippen molar-refractivity contribution in [3.63, 3.8) is 0 Å². The van der Waals surface area contributed by atoms with Crippen molar-refractivity contribution in [3.05, 3.63) is 76.1 Å². The van der Waals surface area contributed by atoms with E-state index in [0.29, 0.717) is 65.5 Å². The lowest BCUT2D eigenvalue weighted by atomic mass is 9.84. The monoisotopic (exact) mass is 759 g/mol. The second-order valence-corrected chi connectivity index (χ2v) is 15.7. The summed E-state index contributed by atoms with van der Waals surface area (Å²) in [6, 6.07) is 17.3. The standard InChI is InChI=1S/C42H45N7O7/c1-55-31-17-33-38(36(18-31)56-2)42(54)45-40(43-33)25-3-6-27(7-4-25)46-13-11-24(12-14-46)19-48-29-15-30(48)22-47(21-29)28-8-5-26-20-49(34-9-10-37(52)44-41(34)53)39(32(26)16-28)35(51)23-50/h3-8,16-18,23-24,29-30,34,39H,9-15,19-22H2,1-2H3,(H,43,45,54)(H,44,52,53). The first-order valence-corrected chi connectivity index (χ1v) is 19.4. The molecule has 3 aromatic carbocycles. The fraction of sp³-hybridized carbons (Fsp3) is 0.429. The van der Waals surface area contributed by atoms with Gasteiger partial charge in [-0.25, -0.2) is 4.98 Å². The van der Waals surface area contributed by atoms with Crippen LogP contribution in [0.1, 0.15) is 49.3 Å². The van der Waals surface area contributed by atoms with E-state index < -0.39 is 23.8 Å². The number of H-pyrrole nitrogens is 1. The molecule has 14 nitrogen and oxygen atoms in total. The number of carbonyl (C=O) groups is 4. The van der Waals surface area contributed by atoms with Crippen LogP contribution in [0.5, 0.6) is 11.5 Å².